The molecular formula is C32H30F4N6O4S. The molecule has 1 fully saturated rings. The van der Waals surface area contributed by atoms with E-state index in [4.69, 9.17) is 4.74 Å². The predicted molar refractivity (Wildman–Crippen MR) is 170 cm³/mol. The Morgan fingerprint density at radius 2 is 1.87 bits per heavy atom. The molecule has 5 rings (SSSR count). The lowest BCUT2D eigenvalue weighted by Gasteiger charge is -2.22. The van der Waals surface area contributed by atoms with Crippen molar-refractivity contribution >= 4 is 40.2 Å². The van der Waals surface area contributed by atoms with Crippen LogP contribution in [0.3, 0.4) is 0 Å². The number of alkyl halides is 3. The maximum atomic E-state index is 15.0. The number of urea groups is 1. The molecule has 1 aliphatic heterocycles. The first-order valence-electron chi connectivity index (χ1n) is 14.6. The summed E-state index contributed by atoms with van der Waals surface area (Å²) < 4.78 is 63.5. The SMILES string of the molecule is CCC(C)Oc1ccc(C)cc1N1C(=O)CS/C1=N\C(=O)Nc1ccc(CCc2ncn(-c3ccc(OC(F)(F)F)cc3)n2)cc1F. The fourth-order valence-corrected chi connectivity index (χ4v) is 5.38. The molecule has 1 N–H and O–H groups in total. The van der Waals surface area contributed by atoms with Crippen molar-refractivity contribution in [3.05, 3.63) is 89.8 Å². The summed E-state index contributed by atoms with van der Waals surface area (Å²) in [6, 6.07) is 14.1. The third-order valence-electron chi connectivity index (χ3n) is 7.01. The number of rotatable bonds is 10. The van der Waals surface area contributed by atoms with Gasteiger partial charge in [0, 0.05) is 6.42 Å². The highest BCUT2D eigenvalue weighted by Gasteiger charge is 2.33. The second-order valence-corrected chi connectivity index (χ2v) is 11.6. The van der Waals surface area contributed by atoms with Crippen molar-refractivity contribution in [2.75, 3.05) is 16.0 Å². The van der Waals surface area contributed by atoms with Gasteiger partial charge in [-0.25, -0.2) is 18.9 Å². The number of amides is 3. The van der Waals surface area contributed by atoms with E-state index < -0.39 is 18.2 Å². The monoisotopic (exact) mass is 670 g/mol. The smallest absolute Gasteiger partial charge is 0.489 e. The molecule has 246 valence electrons. The van der Waals surface area contributed by atoms with Crippen molar-refractivity contribution in [3.8, 4) is 17.2 Å². The number of anilines is 2. The maximum absolute atomic E-state index is 15.0. The normalized spacial score (nSPS) is 14.8. The van der Waals surface area contributed by atoms with Gasteiger partial charge in [-0.2, -0.15) is 10.1 Å². The second-order valence-electron chi connectivity index (χ2n) is 10.6. The number of carbonyl (C=O) groups excluding carboxylic acids is 2. The highest BCUT2D eigenvalue weighted by atomic mass is 32.2. The molecule has 0 saturated carbocycles. The van der Waals surface area contributed by atoms with Crippen molar-refractivity contribution in [3.63, 3.8) is 0 Å². The minimum atomic E-state index is -4.78. The molecule has 15 heteroatoms. The number of nitrogens with one attached hydrogen (secondary N) is 1. The first kappa shape index (κ1) is 33.4. The van der Waals surface area contributed by atoms with Gasteiger partial charge in [0.15, 0.2) is 11.0 Å². The summed E-state index contributed by atoms with van der Waals surface area (Å²) >= 11 is 1.10. The van der Waals surface area contributed by atoms with E-state index in [0.717, 1.165) is 23.7 Å². The first-order chi connectivity index (χ1) is 22.4. The van der Waals surface area contributed by atoms with Crippen LogP contribution in [0.25, 0.3) is 5.69 Å². The fraction of sp³-hybridized carbons (Fsp3) is 0.281. The van der Waals surface area contributed by atoms with Crippen molar-refractivity contribution in [1.82, 2.24) is 14.8 Å². The van der Waals surface area contributed by atoms with Gasteiger partial charge in [0.25, 0.3) is 0 Å². The Morgan fingerprint density at radius 1 is 1.11 bits per heavy atom. The van der Waals surface area contributed by atoms with Gasteiger partial charge in [-0.15, -0.1) is 13.2 Å². The van der Waals surface area contributed by atoms with Gasteiger partial charge in [-0.3, -0.25) is 9.69 Å². The van der Waals surface area contributed by atoms with Crippen LogP contribution in [0.5, 0.6) is 11.5 Å². The second kappa shape index (κ2) is 14.2. The molecule has 0 aliphatic carbocycles. The lowest BCUT2D eigenvalue weighted by Crippen LogP contribution is -2.31. The fourth-order valence-electron chi connectivity index (χ4n) is 4.52. The van der Waals surface area contributed by atoms with Crippen LogP contribution in [0.2, 0.25) is 0 Å². The Morgan fingerprint density at radius 3 is 2.57 bits per heavy atom. The maximum Gasteiger partial charge on any atom is 0.573 e. The number of ether oxygens (including phenoxy) is 2. The van der Waals surface area contributed by atoms with Crippen LogP contribution in [0.1, 0.15) is 37.2 Å². The quantitative estimate of drug-likeness (QED) is 0.177. The molecule has 47 heavy (non-hydrogen) atoms. The number of amidine groups is 1. The van der Waals surface area contributed by atoms with Gasteiger partial charge < -0.3 is 14.8 Å². The summed E-state index contributed by atoms with van der Waals surface area (Å²) in [7, 11) is 0. The molecule has 0 bridgehead atoms. The third kappa shape index (κ3) is 8.67. The van der Waals surface area contributed by atoms with Gasteiger partial charge in [-0.05, 0) is 86.3 Å². The summed E-state index contributed by atoms with van der Waals surface area (Å²) in [6.45, 7) is 5.79. The Kier molecular flexibility index (Phi) is 10.1. The molecule has 1 aromatic heterocycles. The van der Waals surface area contributed by atoms with E-state index in [9.17, 15) is 22.8 Å². The van der Waals surface area contributed by atoms with E-state index in [1.807, 2.05) is 26.8 Å². The number of halogens is 4. The number of thioether (sulfide) groups is 1. The molecule has 2 heterocycles. The average Bonchev–Trinajstić information content (AvgIpc) is 3.64. The van der Waals surface area contributed by atoms with Crippen LogP contribution < -0.4 is 19.7 Å². The number of aliphatic imine (C=N–C) groups is 1. The van der Waals surface area contributed by atoms with Crippen LogP contribution in [0.4, 0.5) is 33.7 Å². The van der Waals surface area contributed by atoms with Crippen molar-refractivity contribution in [1.29, 1.82) is 0 Å². The Bertz CT molecular complexity index is 1800. The molecular weight excluding hydrogens is 640 g/mol. The van der Waals surface area contributed by atoms with E-state index in [0.29, 0.717) is 41.4 Å². The molecule has 0 spiro atoms. The van der Waals surface area contributed by atoms with E-state index in [1.165, 1.54) is 52.3 Å². The summed E-state index contributed by atoms with van der Waals surface area (Å²) in [5.74, 6) is -0.272. The largest absolute Gasteiger partial charge is 0.573 e. The molecule has 3 aromatic carbocycles. The highest BCUT2D eigenvalue weighted by Crippen LogP contribution is 2.36. The van der Waals surface area contributed by atoms with Crippen molar-refractivity contribution in [2.24, 2.45) is 4.99 Å². The van der Waals surface area contributed by atoms with Crippen LogP contribution in [0, 0.1) is 12.7 Å². The average molecular weight is 671 g/mol. The summed E-state index contributed by atoms with van der Waals surface area (Å²) in [5, 5.41) is 6.93. The minimum Gasteiger partial charge on any atom is -0.489 e. The van der Waals surface area contributed by atoms with Gasteiger partial charge in [0.1, 0.15) is 23.6 Å². The van der Waals surface area contributed by atoms with Gasteiger partial charge >= 0.3 is 12.4 Å². The number of aryl methyl sites for hydroxylation is 3. The van der Waals surface area contributed by atoms with Crippen molar-refractivity contribution in [2.45, 2.75) is 52.5 Å². The summed E-state index contributed by atoms with van der Waals surface area (Å²) in [6.07, 6.45) is -1.97. The molecule has 1 aliphatic rings. The topological polar surface area (TPSA) is 111 Å². The Hall–Kier alpha value is -4.92. The number of aromatic nitrogens is 3. The van der Waals surface area contributed by atoms with Crippen LogP contribution in [-0.4, -0.2) is 50.1 Å². The highest BCUT2D eigenvalue weighted by molar-refractivity contribution is 8.15. The van der Waals surface area contributed by atoms with E-state index in [2.05, 4.69) is 25.1 Å². The molecule has 1 unspecified atom stereocenters. The molecule has 10 nitrogen and oxygen atoms in total. The van der Waals surface area contributed by atoms with Crippen LogP contribution >= 0.6 is 11.8 Å². The molecule has 1 atom stereocenters. The zero-order chi connectivity index (χ0) is 33.7. The third-order valence-corrected chi connectivity index (χ3v) is 7.93. The Balaban J connectivity index is 1.21. The number of hydrogen-bond acceptors (Lipinski definition) is 7. The summed E-state index contributed by atoms with van der Waals surface area (Å²) in [4.78, 5) is 35.3. The molecule has 3 amide bonds. The number of carbonyl (C=O) groups is 2. The van der Waals surface area contributed by atoms with E-state index >= 15 is 4.39 Å². The minimum absolute atomic E-state index is 0.0827. The zero-order valence-electron chi connectivity index (χ0n) is 25.5. The molecule has 0 radical (unpaired) electrons. The number of nitrogens with zero attached hydrogens (tertiary/aromatic N) is 5. The predicted octanol–water partition coefficient (Wildman–Crippen LogP) is 7.24. The molecule has 4 aromatic rings. The first-order valence-corrected chi connectivity index (χ1v) is 15.5. The number of benzene rings is 3. The Labute approximate surface area is 271 Å². The standard InChI is InChI=1S/C32H30F4N6O4S/c1-4-20(3)45-27-13-5-19(2)15-26(27)42-29(43)17-47-31(42)39-30(44)38-25-12-6-21(16-24(25)33)7-14-28-37-18-41(40-28)22-8-10-23(11-9-22)46-32(34,35)36/h5-6,8-13,15-16,18,20H,4,7,14,17H2,1-3H3,(H,38,44)/b39-31-. The zero-order valence-corrected chi connectivity index (χ0v) is 26.4. The van der Waals surface area contributed by atoms with Crippen molar-refractivity contribution < 1.29 is 36.6 Å². The van der Waals surface area contributed by atoms with Gasteiger partial charge in [-0.1, -0.05) is 30.8 Å². The van der Waals surface area contributed by atoms with Gasteiger partial charge in [0.2, 0.25) is 5.91 Å². The van der Waals surface area contributed by atoms with Crippen LogP contribution in [-0.2, 0) is 17.6 Å². The molecule has 1 saturated heterocycles. The van der Waals surface area contributed by atoms with Crippen LogP contribution in [0.15, 0.2) is 72.0 Å². The van der Waals surface area contributed by atoms with E-state index in [1.54, 1.807) is 18.2 Å². The lowest BCUT2D eigenvalue weighted by atomic mass is 10.1. The van der Waals surface area contributed by atoms with E-state index in [-0.39, 0.29) is 34.4 Å². The lowest BCUT2D eigenvalue weighted by molar-refractivity contribution is -0.274. The van der Waals surface area contributed by atoms with Gasteiger partial charge in [0.05, 0.1) is 28.9 Å². The number of hydrogen-bond donors (Lipinski definition) is 1. The summed E-state index contributed by atoms with van der Waals surface area (Å²) in [5.41, 5.74) is 2.39.